The average molecular weight is 275 g/mol. The molecule has 0 atom stereocenters. The van der Waals surface area contributed by atoms with Gasteiger partial charge in [-0.05, 0) is 19.5 Å². The summed E-state index contributed by atoms with van der Waals surface area (Å²) in [7, 11) is 0. The lowest BCUT2D eigenvalue weighted by atomic mass is 10.3. The molecule has 0 aliphatic carbocycles. The van der Waals surface area contributed by atoms with Crippen molar-refractivity contribution in [3.8, 4) is 0 Å². The lowest BCUT2D eigenvalue weighted by Gasteiger charge is -2.34. The zero-order valence-electron chi connectivity index (χ0n) is 11.9. The Labute approximate surface area is 116 Å². The number of aliphatic hydroxyl groups is 1. The Hall–Kier alpha value is -0.240. The van der Waals surface area contributed by atoms with Crippen LogP contribution in [-0.4, -0.2) is 93.8 Å². The molecule has 114 valence electrons. The summed E-state index contributed by atoms with van der Waals surface area (Å²) in [6, 6.07) is 0. The third-order valence-electron chi connectivity index (χ3n) is 3.30. The topological polar surface area (TPSA) is 71.2 Å². The first-order valence-electron chi connectivity index (χ1n) is 7.28. The molecule has 6 heteroatoms. The van der Waals surface area contributed by atoms with Crippen LogP contribution in [0.25, 0.3) is 0 Å². The van der Waals surface area contributed by atoms with E-state index >= 15 is 0 Å². The standard InChI is InChI=1S/C13H29N3O3/c14-2-1-3-15-4-6-16(7-5-15)8-10-18-12-13-19-11-9-17/h17H,1-14H2. The Balaban J connectivity index is 1.89. The van der Waals surface area contributed by atoms with Gasteiger partial charge >= 0.3 is 0 Å². The molecule has 0 aromatic heterocycles. The fraction of sp³-hybridized carbons (Fsp3) is 1.00. The molecule has 0 aromatic rings. The van der Waals surface area contributed by atoms with E-state index in [9.17, 15) is 0 Å². The SMILES string of the molecule is NCCCN1CCN(CCOCCOCCO)CC1. The van der Waals surface area contributed by atoms with Crippen LogP contribution in [0.5, 0.6) is 0 Å². The number of aliphatic hydroxyl groups excluding tert-OH is 1. The van der Waals surface area contributed by atoms with E-state index in [-0.39, 0.29) is 6.61 Å². The predicted molar refractivity (Wildman–Crippen MR) is 75.3 cm³/mol. The Morgan fingerprint density at radius 2 is 1.42 bits per heavy atom. The van der Waals surface area contributed by atoms with E-state index in [2.05, 4.69) is 9.80 Å². The third kappa shape index (κ3) is 8.52. The van der Waals surface area contributed by atoms with Crippen molar-refractivity contribution in [1.82, 2.24) is 9.80 Å². The number of hydrogen-bond donors (Lipinski definition) is 2. The number of nitrogens with two attached hydrogens (primary N) is 1. The summed E-state index contributed by atoms with van der Waals surface area (Å²) >= 11 is 0. The van der Waals surface area contributed by atoms with E-state index in [0.717, 1.165) is 58.8 Å². The smallest absolute Gasteiger partial charge is 0.0701 e. The number of rotatable bonds is 11. The second-order valence-electron chi connectivity index (χ2n) is 4.77. The monoisotopic (exact) mass is 275 g/mol. The van der Waals surface area contributed by atoms with E-state index in [0.29, 0.717) is 19.8 Å². The molecule has 0 saturated carbocycles. The fourth-order valence-corrected chi connectivity index (χ4v) is 2.13. The zero-order chi connectivity index (χ0) is 13.8. The molecule has 19 heavy (non-hydrogen) atoms. The van der Waals surface area contributed by atoms with Crippen LogP contribution in [0.2, 0.25) is 0 Å². The molecule has 1 rings (SSSR count). The first kappa shape index (κ1) is 16.8. The molecule has 0 amide bonds. The second kappa shape index (κ2) is 11.6. The lowest BCUT2D eigenvalue weighted by molar-refractivity contribution is 0.0218. The van der Waals surface area contributed by atoms with E-state index in [1.807, 2.05) is 0 Å². The van der Waals surface area contributed by atoms with Crippen molar-refractivity contribution in [3.05, 3.63) is 0 Å². The molecule has 0 radical (unpaired) electrons. The van der Waals surface area contributed by atoms with Crippen molar-refractivity contribution in [3.63, 3.8) is 0 Å². The highest BCUT2D eigenvalue weighted by atomic mass is 16.5. The molecule has 0 unspecified atom stereocenters. The first-order chi connectivity index (χ1) is 9.36. The molecule has 1 aliphatic rings. The van der Waals surface area contributed by atoms with E-state index < -0.39 is 0 Å². The molecule has 0 aromatic carbocycles. The van der Waals surface area contributed by atoms with Crippen LogP contribution >= 0.6 is 0 Å². The Bertz CT molecular complexity index is 200. The van der Waals surface area contributed by atoms with Crippen molar-refractivity contribution in [2.24, 2.45) is 5.73 Å². The lowest BCUT2D eigenvalue weighted by Crippen LogP contribution is -2.47. The first-order valence-corrected chi connectivity index (χ1v) is 7.28. The highest BCUT2D eigenvalue weighted by molar-refractivity contribution is 4.71. The van der Waals surface area contributed by atoms with Crippen LogP contribution < -0.4 is 5.73 Å². The van der Waals surface area contributed by atoms with Gasteiger partial charge in [0.05, 0.1) is 33.0 Å². The van der Waals surface area contributed by atoms with Crippen LogP contribution in [0.4, 0.5) is 0 Å². The van der Waals surface area contributed by atoms with Crippen LogP contribution in [0.15, 0.2) is 0 Å². The largest absolute Gasteiger partial charge is 0.394 e. The highest BCUT2D eigenvalue weighted by Crippen LogP contribution is 2.01. The molecular formula is C13H29N3O3. The van der Waals surface area contributed by atoms with Gasteiger partial charge in [0.25, 0.3) is 0 Å². The van der Waals surface area contributed by atoms with Gasteiger partial charge in [-0.25, -0.2) is 0 Å². The van der Waals surface area contributed by atoms with Crippen LogP contribution in [0.3, 0.4) is 0 Å². The van der Waals surface area contributed by atoms with Crippen molar-refractivity contribution in [2.45, 2.75) is 6.42 Å². The summed E-state index contributed by atoms with van der Waals surface area (Å²) in [6.07, 6.45) is 1.09. The number of ether oxygens (including phenoxy) is 2. The second-order valence-corrected chi connectivity index (χ2v) is 4.77. The Morgan fingerprint density at radius 1 is 0.842 bits per heavy atom. The van der Waals surface area contributed by atoms with Gasteiger partial charge in [0.1, 0.15) is 0 Å². The number of piperazine rings is 1. The summed E-state index contributed by atoms with van der Waals surface area (Å²) in [5.41, 5.74) is 5.52. The van der Waals surface area contributed by atoms with Gasteiger partial charge in [0, 0.05) is 32.7 Å². The normalized spacial score (nSPS) is 18.0. The maximum absolute atomic E-state index is 8.53. The molecule has 1 saturated heterocycles. The Morgan fingerprint density at radius 3 is 2.00 bits per heavy atom. The molecule has 0 bridgehead atoms. The van der Waals surface area contributed by atoms with E-state index in [4.69, 9.17) is 20.3 Å². The predicted octanol–water partition coefficient (Wildman–Crippen LogP) is -1.02. The molecule has 1 heterocycles. The molecule has 6 nitrogen and oxygen atoms in total. The fourth-order valence-electron chi connectivity index (χ4n) is 2.13. The molecule has 1 fully saturated rings. The summed E-state index contributed by atoms with van der Waals surface area (Å²) in [5.74, 6) is 0. The minimum atomic E-state index is 0.0778. The highest BCUT2D eigenvalue weighted by Gasteiger charge is 2.15. The van der Waals surface area contributed by atoms with Gasteiger partial charge in [0.2, 0.25) is 0 Å². The van der Waals surface area contributed by atoms with Gasteiger partial charge in [-0.1, -0.05) is 0 Å². The summed E-state index contributed by atoms with van der Waals surface area (Å²) in [4.78, 5) is 4.92. The van der Waals surface area contributed by atoms with E-state index in [1.165, 1.54) is 0 Å². The minimum Gasteiger partial charge on any atom is -0.394 e. The van der Waals surface area contributed by atoms with Gasteiger partial charge in [-0.15, -0.1) is 0 Å². The van der Waals surface area contributed by atoms with Crippen LogP contribution in [-0.2, 0) is 9.47 Å². The van der Waals surface area contributed by atoms with Crippen molar-refractivity contribution in [1.29, 1.82) is 0 Å². The van der Waals surface area contributed by atoms with Crippen molar-refractivity contribution in [2.75, 3.05) is 78.8 Å². The van der Waals surface area contributed by atoms with Crippen LogP contribution in [0.1, 0.15) is 6.42 Å². The van der Waals surface area contributed by atoms with Crippen molar-refractivity contribution >= 4 is 0 Å². The third-order valence-corrected chi connectivity index (χ3v) is 3.30. The van der Waals surface area contributed by atoms with Gasteiger partial charge in [-0.2, -0.15) is 0 Å². The van der Waals surface area contributed by atoms with Gasteiger partial charge < -0.3 is 25.2 Å². The molecular weight excluding hydrogens is 246 g/mol. The number of hydrogen-bond acceptors (Lipinski definition) is 6. The number of nitrogens with zero attached hydrogens (tertiary/aromatic N) is 2. The molecule has 0 spiro atoms. The summed E-state index contributed by atoms with van der Waals surface area (Å²) < 4.78 is 10.6. The zero-order valence-corrected chi connectivity index (χ0v) is 11.9. The van der Waals surface area contributed by atoms with Gasteiger partial charge in [-0.3, -0.25) is 4.90 Å². The van der Waals surface area contributed by atoms with Gasteiger partial charge in [0.15, 0.2) is 0 Å². The van der Waals surface area contributed by atoms with Crippen molar-refractivity contribution < 1.29 is 14.6 Å². The average Bonchev–Trinajstić information content (AvgIpc) is 2.45. The summed E-state index contributed by atoms with van der Waals surface area (Å²) in [6.45, 7) is 9.82. The molecule has 1 aliphatic heterocycles. The Kier molecular flexibility index (Phi) is 10.2. The quantitative estimate of drug-likeness (QED) is 0.470. The molecule has 3 N–H and O–H groups in total. The summed E-state index contributed by atoms with van der Waals surface area (Å²) in [5, 5.41) is 8.53. The van der Waals surface area contributed by atoms with E-state index in [1.54, 1.807) is 0 Å². The van der Waals surface area contributed by atoms with Crippen LogP contribution in [0, 0.1) is 0 Å². The maximum Gasteiger partial charge on any atom is 0.0701 e. The maximum atomic E-state index is 8.53. The minimum absolute atomic E-state index is 0.0778.